The molecule has 0 saturated carbocycles. The maximum Gasteiger partial charge on any atom is 0.393 e. The number of likely N-dealkylation sites (tertiary alicyclic amines) is 1. The average Bonchev–Trinajstić information content (AvgIpc) is 3.33. The van der Waals surface area contributed by atoms with Gasteiger partial charge in [-0.15, -0.1) is 11.3 Å². The number of thiophene rings is 1. The highest BCUT2D eigenvalue weighted by atomic mass is 32.1. The SMILES string of the molecule is CCN1CCC(Nc2cccc3c(CC(F)(F)F)c(C#CCNc4cc(F)c(N5CCOCC5)cc4OC(F)F)sc23)CC1. The molecule has 0 unspecified atom stereocenters. The summed E-state index contributed by atoms with van der Waals surface area (Å²) in [5.74, 6) is 4.74. The lowest BCUT2D eigenvalue weighted by molar-refractivity contribution is -0.126. The molecular formula is C31H34F6N4O2S. The molecule has 0 radical (unpaired) electrons. The summed E-state index contributed by atoms with van der Waals surface area (Å²) < 4.78 is 92.9. The normalized spacial score (nSPS) is 16.7. The third-order valence-electron chi connectivity index (χ3n) is 7.78. The molecule has 238 valence electrons. The average molecular weight is 641 g/mol. The van der Waals surface area contributed by atoms with Gasteiger partial charge in [0.2, 0.25) is 0 Å². The molecule has 5 rings (SSSR count). The fourth-order valence-corrected chi connectivity index (χ4v) is 6.73. The number of alkyl halides is 5. The Hall–Kier alpha value is -3.34. The third-order valence-corrected chi connectivity index (χ3v) is 8.97. The van der Waals surface area contributed by atoms with E-state index in [0.717, 1.165) is 44.2 Å². The van der Waals surface area contributed by atoms with Gasteiger partial charge in [-0.05, 0) is 36.4 Å². The van der Waals surface area contributed by atoms with Gasteiger partial charge in [0.1, 0.15) is 5.82 Å². The highest BCUT2D eigenvalue weighted by Crippen LogP contribution is 2.40. The number of hydrogen-bond donors (Lipinski definition) is 2. The zero-order valence-corrected chi connectivity index (χ0v) is 25.0. The van der Waals surface area contributed by atoms with Gasteiger partial charge in [-0.1, -0.05) is 30.9 Å². The van der Waals surface area contributed by atoms with Crippen molar-refractivity contribution in [1.82, 2.24) is 4.90 Å². The predicted molar refractivity (Wildman–Crippen MR) is 162 cm³/mol. The van der Waals surface area contributed by atoms with Gasteiger partial charge in [-0.3, -0.25) is 0 Å². The third kappa shape index (κ3) is 8.02. The van der Waals surface area contributed by atoms with Gasteiger partial charge in [-0.25, -0.2) is 4.39 Å². The van der Waals surface area contributed by atoms with Crippen LogP contribution in [0.5, 0.6) is 5.75 Å². The van der Waals surface area contributed by atoms with Gasteiger partial charge in [0.05, 0.1) is 52.8 Å². The van der Waals surface area contributed by atoms with Crippen LogP contribution in [0.15, 0.2) is 30.3 Å². The molecule has 2 fully saturated rings. The molecule has 2 saturated heterocycles. The molecule has 0 aliphatic carbocycles. The molecule has 44 heavy (non-hydrogen) atoms. The summed E-state index contributed by atoms with van der Waals surface area (Å²) in [5.41, 5.74) is 0.948. The van der Waals surface area contributed by atoms with Crippen molar-refractivity contribution in [3.8, 4) is 17.6 Å². The maximum absolute atomic E-state index is 15.0. The Bertz CT molecular complexity index is 1490. The first-order chi connectivity index (χ1) is 21.1. The van der Waals surface area contributed by atoms with Crippen LogP contribution >= 0.6 is 11.3 Å². The summed E-state index contributed by atoms with van der Waals surface area (Å²) in [6, 6.07) is 7.78. The number of rotatable bonds is 9. The Morgan fingerprint density at radius 3 is 2.52 bits per heavy atom. The minimum absolute atomic E-state index is 0.0402. The number of benzene rings is 2. The summed E-state index contributed by atoms with van der Waals surface area (Å²) in [6.07, 6.45) is -3.70. The summed E-state index contributed by atoms with van der Waals surface area (Å²) in [7, 11) is 0. The first-order valence-corrected chi connectivity index (χ1v) is 15.4. The van der Waals surface area contributed by atoms with Crippen molar-refractivity contribution in [1.29, 1.82) is 0 Å². The van der Waals surface area contributed by atoms with E-state index in [9.17, 15) is 26.3 Å². The summed E-state index contributed by atoms with van der Waals surface area (Å²) >= 11 is 1.19. The quantitative estimate of drug-likeness (QED) is 0.195. The Morgan fingerprint density at radius 1 is 1.09 bits per heavy atom. The van der Waals surface area contributed by atoms with Crippen LogP contribution in [0.3, 0.4) is 0 Å². The van der Waals surface area contributed by atoms with E-state index in [0.29, 0.717) is 36.4 Å². The van der Waals surface area contributed by atoms with Gasteiger partial charge in [0.15, 0.2) is 5.75 Å². The van der Waals surface area contributed by atoms with Crippen LogP contribution < -0.4 is 20.3 Å². The summed E-state index contributed by atoms with van der Waals surface area (Å²) in [6.45, 7) is 3.29. The second-order valence-electron chi connectivity index (χ2n) is 10.7. The second-order valence-corrected chi connectivity index (χ2v) is 11.7. The molecule has 2 aliphatic heterocycles. The largest absolute Gasteiger partial charge is 0.433 e. The van der Waals surface area contributed by atoms with Crippen molar-refractivity contribution < 1.29 is 35.8 Å². The van der Waals surface area contributed by atoms with E-state index in [1.807, 2.05) is 6.07 Å². The molecule has 3 aromatic rings. The molecule has 0 spiro atoms. The molecule has 0 amide bonds. The first-order valence-electron chi connectivity index (χ1n) is 14.5. The van der Waals surface area contributed by atoms with Crippen LogP contribution in [0.1, 0.15) is 30.2 Å². The molecule has 6 nitrogen and oxygen atoms in total. The number of fused-ring (bicyclic) bond motifs is 1. The van der Waals surface area contributed by atoms with E-state index < -0.39 is 25.0 Å². The number of anilines is 3. The fourth-order valence-electron chi connectivity index (χ4n) is 5.56. The van der Waals surface area contributed by atoms with Gasteiger partial charge >= 0.3 is 12.8 Å². The van der Waals surface area contributed by atoms with Crippen LogP contribution in [0, 0.1) is 17.7 Å². The highest BCUT2D eigenvalue weighted by Gasteiger charge is 2.31. The molecule has 13 heteroatoms. The molecule has 2 N–H and O–H groups in total. The lowest BCUT2D eigenvalue weighted by Gasteiger charge is -2.32. The Morgan fingerprint density at radius 2 is 1.84 bits per heavy atom. The number of nitrogens with zero attached hydrogens (tertiary/aromatic N) is 2. The van der Waals surface area contributed by atoms with E-state index in [2.05, 4.69) is 39.0 Å². The topological polar surface area (TPSA) is 49.0 Å². The molecular weight excluding hydrogens is 606 g/mol. The molecule has 1 aromatic heterocycles. The molecule has 2 aliphatic rings. The van der Waals surface area contributed by atoms with Gasteiger partial charge < -0.3 is 29.9 Å². The number of nitrogens with one attached hydrogen (secondary N) is 2. The smallest absolute Gasteiger partial charge is 0.393 e. The zero-order valence-electron chi connectivity index (χ0n) is 24.2. The first kappa shape index (κ1) is 32.1. The molecule has 2 aromatic carbocycles. The van der Waals surface area contributed by atoms with Crippen molar-refractivity contribution in [2.75, 3.05) is 68.0 Å². The standard InChI is InChI=1S/C31H34F6N4O2S/c1-2-40-11-8-20(9-12-40)39-24-6-3-5-21-22(19-31(35,36)37)28(44-29(21)24)7-4-10-38-25-17-23(32)26(18-27(25)43-30(33)34)41-13-15-42-16-14-41/h3,5-6,17-18,20,30,38-39H,2,8-16,19H2,1H3. The van der Waals surface area contributed by atoms with Crippen LogP contribution in [0.2, 0.25) is 0 Å². The van der Waals surface area contributed by atoms with Crippen molar-refractivity contribution in [2.45, 2.75) is 45.0 Å². The van der Waals surface area contributed by atoms with Crippen LogP contribution in [0.4, 0.5) is 43.4 Å². The maximum atomic E-state index is 15.0. The molecule has 3 heterocycles. The molecule has 0 atom stereocenters. The van der Waals surface area contributed by atoms with Crippen molar-refractivity contribution in [2.24, 2.45) is 0 Å². The number of hydrogen-bond acceptors (Lipinski definition) is 7. The fraction of sp³-hybridized carbons (Fsp3) is 0.484. The van der Waals surface area contributed by atoms with Crippen LogP contribution in [-0.2, 0) is 11.2 Å². The van der Waals surface area contributed by atoms with E-state index in [1.54, 1.807) is 17.0 Å². The van der Waals surface area contributed by atoms with E-state index in [-0.39, 0.29) is 40.2 Å². The monoisotopic (exact) mass is 640 g/mol. The van der Waals surface area contributed by atoms with Gasteiger partial charge in [0.25, 0.3) is 0 Å². The van der Waals surface area contributed by atoms with E-state index in [4.69, 9.17) is 4.74 Å². The summed E-state index contributed by atoms with van der Waals surface area (Å²) in [4.78, 5) is 4.32. The Kier molecular flexibility index (Phi) is 10.3. The second kappa shape index (κ2) is 14.2. The highest BCUT2D eigenvalue weighted by molar-refractivity contribution is 7.20. The van der Waals surface area contributed by atoms with Crippen LogP contribution in [0.25, 0.3) is 10.1 Å². The minimum Gasteiger partial charge on any atom is -0.433 e. The van der Waals surface area contributed by atoms with Crippen molar-refractivity contribution >= 4 is 38.5 Å². The number of piperidine rings is 1. The molecule has 0 bridgehead atoms. The number of halogens is 6. The Balaban J connectivity index is 1.38. The lowest BCUT2D eigenvalue weighted by atomic mass is 10.0. The van der Waals surface area contributed by atoms with Crippen molar-refractivity contribution in [3.63, 3.8) is 0 Å². The summed E-state index contributed by atoms with van der Waals surface area (Å²) in [5, 5.41) is 6.82. The number of morpholine rings is 1. The minimum atomic E-state index is -4.44. The number of ether oxygens (including phenoxy) is 2. The van der Waals surface area contributed by atoms with Gasteiger partial charge in [-0.2, -0.15) is 22.0 Å². The predicted octanol–water partition coefficient (Wildman–Crippen LogP) is 6.94. The zero-order chi connectivity index (χ0) is 31.3. The van der Waals surface area contributed by atoms with E-state index >= 15 is 0 Å². The van der Waals surface area contributed by atoms with Crippen molar-refractivity contribution in [3.05, 3.63) is 46.6 Å². The lowest BCUT2D eigenvalue weighted by Crippen LogP contribution is -2.38. The van der Waals surface area contributed by atoms with Crippen LogP contribution in [-0.4, -0.2) is 76.2 Å². The van der Waals surface area contributed by atoms with Gasteiger partial charge in [0, 0.05) is 44.4 Å². The van der Waals surface area contributed by atoms with E-state index in [1.165, 1.54) is 17.4 Å². The Labute approximate surface area is 256 Å².